The van der Waals surface area contributed by atoms with E-state index in [4.69, 9.17) is 5.73 Å². The van der Waals surface area contributed by atoms with Crippen molar-refractivity contribution in [2.24, 2.45) is 11.7 Å². The van der Waals surface area contributed by atoms with Crippen LogP contribution in [0, 0.1) is 5.92 Å². The largest absolute Gasteiger partial charge is 0.323 e. The second-order valence-electron chi connectivity index (χ2n) is 5.27. The average Bonchev–Trinajstić information content (AvgIpc) is 2.10. The Bertz CT molecular complexity index is 345. The van der Waals surface area contributed by atoms with E-state index < -0.39 is 10.2 Å². The molecule has 0 aromatic heterocycles. The molecule has 0 saturated carbocycles. The van der Waals surface area contributed by atoms with E-state index in [1.807, 2.05) is 27.7 Å². The van der Waals surface area contributed by atoms with Crippen molar-refractivity contribution < 1.29 is 8.42 Å². The smallest absolute Gasteiger partial charge is 0.282 e. The van der Waals surface area contributed by atoms with Crippen molar-refractivity contribution in [3.05, 3.63) is 0 Å². The van der Waals surface area contributed by atoms with E-state index in [2.05, 4.69) is 0 Å². The van der Waals surface area contributed by atoms with E-state index in [0.717, 1.165) is 0 Å². The molecule has 16 heavy (non-hydrogen) atoms. The van der Waals surface area contributed by atoms with Gasteiger partial charge in [-0.05, 0) is 19.8 Å². The fourth-order valence-corrected chi connectivity index (χ4v) is 3.29. The molecule has 5 nitrogen and oxygen atoms in total. The van der Waals surface area contributed by atoms with E-state index in [1.165, 1.54) is 8.61 Å². The maximum atomic E-state index is 12.1. The van der Waals surface area contributed by atoms with Crippen LogP contribution in [-0.4, -0.2) is 48.7 Å². The summed E-state index contributed by atoms with van der Waals surface area (Å²) < 4.78 is 27.0. The summed E-state index contributed by atoms with van der Waals surface area (Å²) in [4.78, 5) is 0. The summed E-state index contributed by atoms with van der Waals surface area (Å²) in [5.41, 5.74) is 5.73. The van der Waals surface area contributed by atoms with Crippen molar-refractivity contribution in [2.75, 3.05) is 20.1 Å². The van der Waals surface area contributed by atoms with Crippen molar-refractivity contribution in [1.82, 2.24) is 8.61 Å². The third-order valence-electron chi connectivity index (χ3n) is 3.51. The predicted octanol–water partition coefficient (Wildman–Crippen LogP) is 0.241. The molecule has 1 saturated heterocycles. The van der Waals surface area contributed by atoms with Gasteiger partial charge in [-0.2, -0.15) is 17.0 Å². The zero-order valence-electron chi connectivity index (χ0n) is 10.8. The highest BCUT2D eigenvalue weighted by molar-refractivity contribution is 7.86. The molecule has 0 atom stereocenters. The Hall–Kier alpha value is -0.170. The highest BCUT2D eigenvalue weighted by atomic mass is 32.2. The number of nitrogens with zero attached hydrogens (tertiary/aromatic N) is 2. The highest BCUT2D eigenvalue weighted by Crippen LogP contribution is 2.29. The zero-order valence-corrected chi connectivity index (χ0v) is 11.6. The molecule has 0 aromatic rings. The molecule has 1 aliphatic heterocycles. The van der Waals surface area contributed by atoms with Gasteiger partial charge in [-0.15, -0.1) is 0 Å². The summed E-state index contributed by atoms with van der Waals surface area (Å²) in [5, 5.41) is 0. The first kappa shape index (κ1) is 13.9. The SMILES string of the molecule is CC(C)N(C)S(=O)(=O)N1CC(N)(C(C)C)C1. The summed E-state index contributed by atoms with van der Waals surface area (Å²) in [6.07, 6.45) is 0. The topological polar surface area (TPSA) is 66.6 Å². The van der Waals surface area contributed by atoms with Crippen LogP contribution in [0.1, 0.15) is 27.7 Å². The molecule has 96 valence electrons. The van der Waals surface area contributed by atoms with Crippen molar-refractivity contribution in [2.45, 2.75) is 39.3 Å². The maximum Gasteiger partial charge on any atom is 0.282 e. The second-order valence-corrected chi connectivity index (χ2v) is 7.26. The molecule has 0 bridgehead atoms. The Kier molecular flexibility index (Phi) is 3.69. The summed E-state index contributed by atoms with van der Waals surface area (Å²) in [6.45, 7) is 8.60. The Morgan fingerprint density at radius 2 is 1.69 bits per heavy atom. The average molecular weight is 249 g/mol. The molecule has 1 fully saturated rings. The highest BCUT2D eigenvalue weighted by Gasteiger charge is 2.48. The quantitative estimate of drug-likeness (QED) is 0.776. The molecular formula is C10H23N3O2S. The van der Waals surface area contributed by atoms with E-state index in [9.17, 15) is 8.42 Å². The lowest BCUT2D eigenvalue weighted by molar-refractivity contribution is 0.103. The number of rotatable bonds is 4. The molecule has 1 heterocycles. The first-order chi connectivity index (χ1) is 7.11. The minimum Gasteiger partial charge on any atom is -0.323 e. The minimum atomic E-state index is -3.32. The molecule has 0 aliphatic carbocycles. The van der Waals surface area contributed by atoms with E-state index >= 15 is 0 Å². The van der Waals surface area contributed by atoms with Crippen LogP contribution in [0.3, 0.4) is 0 Å². The molecule has 2 N–H and O–H groups in total. The van der Waals surface area contributed by atoms with Gasteiger partial charge in [0.25, 0.3) is 10.2 Å². The molecule has 1 aliphatic rings. The predicted molar refractivity (Wildman–Crippen MR) is 65.1 cm³/mol. The van der Waals surface area contributed by atoms with Crippen LogP contribution < -0.4 is 5.73 Å². The Morgan fingerprint density at radius 1 is 1.25 bits per heavy atom. The van der Waals surface area contributed by atoms with Crippen molar-refractivity contribution in [1.29, 1.82) is 0 Å². The van der Waals surface area contributed by atoms with Crippen LogP contribution in [0.4, 0.5) is 0 Å². The Balaban J connectivity index is 2.71. The van der Waals surface area contributed by atoms with Crippen LogP contribution in [0.2, 0.25) is 0 Å². The van der Waals surface area contributed by atoms with Gasteiger partial charge in [-0.1, -0.05) is 13.8 Å². The first-order valence-electron chi connectivity index (χ1n) is 5.63. The third-order valence-corrected chi connectivity index (χ3v) is 5.57. The van der Waals surface area contributed by atoms with Gasteiger partial charge in [0.1, 0.15) is 0 Å². The number of hydrogen-bond acceptors (Lipinski definition) is 3. The van der Waals surface area contributed by atoms with Crippen molar-refractivity contribution >= 4 is 10.2 Å². The third kappa shape index (κ3) is 2.25. The fourth-order valence-electron chi connectivity index (χ4n) is 1.59. The molecule has 0 spiro atoms. The monoisotopic (exact) mass is 249 g/mol. The summed E-state index contributed by atoms with van der Waals surface area (Å²) in [7, 11) is -1.72. The molecule has 6 heteroatoms. The van der Waals surface area contributed by atoms with Crippen LogP contribution >= 0.6 is 0 Å². The van der Waals surface area contributed by atoms with Crippen LogP contribution in [0.15, 0.2) is 0 Å². The van der Waals surface area contributed by atoms with Gasteiger partial charge in [-0.25, -0.2) is 0 Å². The fraction of sp³-hybridized carbons (Fsp3) is 1.00. The zero-order chi connectivity index (χ0) is 12.7. The Morgan fingerprint density at radius 3 is 2.00 bits per heavy atom. The molecule has 0 aromatic carbocycles. The standard InChI is InChI=1S/C10H23N3O2S/c1-8(2)10(11)6-13(7-10)16(14,15)12(5)9(3)4/h8-9H,6-7,11H2,1-5H3. The lowest BCUT2D eigenvalue weighted by Crippen LogP contribution is -2.72. The van der Waals surface area contributed by atoms with E-state index in [-0.39, 0.29) is 11.6 Å². The van der Waals surface area contributed by atoms with Gasteiger partial charge in [0.2, 0.25) is 0 Å². The van der Waals surface area contributed by atoms with Crippen LogP contribution in [-0.2, 0) is 10.2 Å². The van der Waals surface area contributed by atoms with Crippen LogP contribution in [0.25, 0.3) is 0 Å². The minimum absolute atomic E-state index is 0.0307. The number of nitrogens with two attached hydrogens (primary N) is 1. The Labute approximate surface area is 98.8 Å². The van der Waals surface area contributed by atoms with Crippen molar-refractivity contribution in [3.8, 4) is 0 Å². The van der Waals surface area contributed by atoms with Gasteiger partial charge < -0.3 is 5.73 Å². The van der Waals surface area contributed by atoms with Crippen LogP contribution in [0.5, 0.6) is 0 Å². The van der Waals surface area contributed by atoms with Gasteiger partial charge in [0.05, 0.1) is 0 Å². The van der Waals surface area contributed by atoms with Gasteiger partial charge in [-0.3, -0.25) is 0 Å². The summed E-state index contributed by atoms with van der Waals surface area (Å²) in [5.74, 6) is 0.295. The molecule has 0 unspecified atom stereocenters. The van der Waals surface area contributed by atoms with Gasteiger partial charge in [0, 0.05) is 31.7 Å². The molecule has 1 rings (SSSR count). The molecule has 0 radical (unpaired) electrons. The van der Waals surface area contributed by atoms with Gasteiger partial charge >= 0.3 is 0 Å². The molecule has 0 amide bonds. The molecular weight excluding hydrogens is 226 g/mol. The summed E-state index contributed by atoms with van der Waals surface area (Å²) >= 11 is 0. The normalized spacial score (nSPS) is 21.8. The summed E-state index contributed by atoms with van der Waals surface area (Å²) in [6, 6.07) is -0.0307. The maximum absolute atomic E-state index is 12.1. The first-order valence-corrected chi connectivity index (χ1v) is 7.03. The van der Waals surface area contributed by atoms with Crippen molar-refractivity contribution in [3.63, 3.8) is 0 Å². The van der Waals surface area contributed by atoms with E-state index in [1.54, 1.807) is 7.05 Å². The second kappa shape index (κ2) is 4.25. The lowest BCUT2D eigenvalue weighted by atomic mass is 9.82. The lowest BCUT2D eigenvalue weighted by Gasteiger charge is -2.50. The van der Waals surface area contributed by atoms with E-state index in [0.29, 0.717) is 19.0 Å². The number of hydrogen-bond donors (Lipinski definition) is 1. The van der Waals surface area contributed by atoms with Gasteiger partial charge in [0.15, 0.2) is 0 Å².